The molecule has 0 saturated carbocycles. The minimum Gasteiger partial charge on any atom is -0.357 e. The summed E-state index contributed by atoms with van der Waals surface area (Å²) in [4.78, 5) is 2.34. The molecule has 1 saturated heterocycles. The van der Waals surface area contributed by atoms with Gasteiger partial charge in [0.2, 0.25) is 0 Å². The van der Waals surface area contributed by atoms with E-state index in [1.54, 1.807) is 0 Å². The molecule has 1 fully saturated rings. The van der Waals surface area contributed by atoms with Crippen LogP contribution in [0.4, 0.5) is 0 Å². The van der Waals surface area contributed by atoms with Crippen LogP contribution < -0.4 is 0 Å². The van der Waals surface area contributed by atoms with Crippen LogP contribution in [0.1, 0.15) is 25.5 Å². The molecule has 2 nitrogen and oxygen atoms in total. The zero-order chi connectivity index (χ0) is 9.97. The Kier molecular flexibility index (Phi) is 2.85. The molecule has 0 unspecified atom stereocenters. The van der Waals surface area contributed by atoms with Crippen LogP contribution >= 0.6 is 0 Å². The molecule has 0 radical (unpaired) electrons. The van der Waals surface area contributed by atoms with Gasteiger partial charge in [-0.3, -0.25) is 4.90 Å². The first-order valence-corrected chi connectivity index (χ1v) is 5.23. The highest BCUT2D eigenvalue weighted by atomic mass is 16.5. The molecule has 14 heavy (non-hydrogen) atoms. The molecule has 0 bridgehead atoms. The van der Waals surface area contributed by atoms with Gasteiger partial charge in [0, 0.05) is 6.04 Å². The lowest BCUT2D eigenvalue weighted by Crippen LogP contribution is -2.28. The highest BCUT2D eigenvalue weighted by molar-refractivity contribution is 5.19. The number of hydrogen-bond acceptors (Lipinski definition) is 2. The molecule has 1 aromatic carbocycles. The Morgan fingerprint density at radius 2 is 2.07 bits per heavy atom. The second kappa shape index (κ2) is 4.11. The number of ether oxygens (including phenoxy) is 1. The molecule has 1 aromatic rings. The van der Waals surface area contributed by atoms with Crippen molar-refractivity contribution < 1.29 is 4.74 Å². The summed E-state index contributed by atoms with van der Waals surface area (Å²) < 4.78 is 5.78. The summed E-state index contributed by atoms with van der Waals surface area (Å²) in [5.74, 6) is 0. The molecule has 76 valence electrons. The van der Waals surface area contributed by atoms with Gasteiger partial charge >= 0.3 is 0 Å². The van der Waals surface area contributed by atoms with Gasteiger partial charge < -0.3 is 4.74 Å². The van der Waals surface area contributed by atoms with Gasteiger partial charge in [0.05, 0.1) is 6.10 Å². The van der Waals surface area contributed by atoms with E-state index in [1.807, 2.05) is 6.07 Å². The van der Waals surface area contributed by atoms with Crippen LogP contribution in [0.5, 0.6) is 0 Å². The van der Waals surface area contributed by atoms with Gasteiger partial charge in [0.15, 0.2) is 0 Å². The molecule has 0 aromatic heterocycles. The topological polar surface area (TPSA) is 12.5 Å². The summed E-state index contributed by atoms with van der Waals surface area (Å²) in [5, 5.41) is 0. The lowest BCUT2D eigenvalue weighted by atomic mass is 10.0. The summed E-state index contributed by atoms with van der Waals surface area (Å²) in [5.41, 5.74) is 1.29. The van der Waals surface area contributed by atoms with Crippen LogP contribution in [0.3, 0.4) is 0 Å². The molecule has 1 aliphatic rings. The summed E-state index contributed by atoms with van der Waals surface area (Å²) in [6.45, 7) is 6.23. The first kappa shape index (κ1) is 9.69. The molecular weight excluding hydrogens is 174 g/mol. The van der Waals surface area contributed by atoms with Crippen LogP contribution in [0, 0.1) is 0 Å². The van der Waals surface area contributed by atoms with Gasteiger partial charge in [-0.2, -0.15) is 0 Å². The van der Waals surface area contributed by atoms with E-state index in [4.69, 9.17) is 4.74 Å². The van der Waals surface area contributed by atoms with Crippen molar-refractivity contribution in [2.45, 2.75) is 26.0 Å². The van der Waals surface area contributed by atoms with E-state index in [1.165, 1.54) is 5.56 Å². The number of rotatable bonds is 2. The molecule has 2 rings (SSSR count). The van der Waals surface area contributed by atoms with Crippen molar-refractivity contribution in [1.29, 1.82) is 0 Å². The monoisotopic (exact) mass is 191 g/mol. The van der Waals surface area contributed by atoms with Crippen molar-refractivity contribution in [2.24, 2.45) is 0 Å². The summed E-state index contributed by atoms with van der Waals surface area (Å²) in [6, 6.07) is 10.9. The highest BCUT2D eigenvalue weighted by Gasteiger charge is 2.31. The van der Waals surface area contributed by atoms with Gasteiger partial charge in [-0.15, -0.1) is 0 Å². The third kappa shape index (κ3) is 1.68. The Labute approximate surface area is 85.5 Å². The van der Waals surface area contributed by atoms with Crippen LogP contribution in [-0.4, -0.2) is 24.2 Å². The maximum Gasteiger partial charge on any atom is 0.100 e. The molecule has 0 amide bonds. The Balaban J connectivity index is 2.14. The standard InChI is InChI=1S/C12H17NO/c1-3-13-9-14-12(10(13)2)11-7-5-4-6-8-11/h4-8,10,12H,3,9H2,1-2H3/t10-,12-/m1/s1. The fourth-order valence-corrected chi connectivity index (χ4v) is 2.02. The molecule has 1 heterocycles. The van der Waals surface area contributed by atoms with E-state index in [2.05, 4.69) is 43.0 Å². The van der Waals surface area contributed by atoms with E-state index in [-0.39, 0.29) is 6.10 Å². The van der Waals surface area contributed by atoms with E-state index in [9.17, 15) is 0 Å². The maximum absolute atomic E-state index is 5.78. The van der Waals surface area contributed by atoms with Gasteiger partial charge in [-0.1, -0.05) is 37.3 Å². The first-order chi connectivity index (χ1) is 6.83. The normalized spacial score (nSPS) is 28.1. The second-order valence-electron chi connectivity index (χ2n) is 3.77. The molecule has 2 heteroatoms. The largest absolute Gasteiger partial charge is 0.357 e. The van der Waals surface area contributed by atoms with Gasteiger partial charge in [-0.05, 0) is 19.0 Å². The van der Waals surface area contributed by atoms with Crippen molar-refractivity contribution in [3.8, 4) is 0 Å². The van der Waals surface area contributed by atoms with Crippen LogP contribution in [0.2, 0.25) is 0 Å². The Hall–Kier alpha value is -0.860. The van der Waals surface area contributed by atoms with Crippen LogP contribution in [0.15, 0.2) is 30.3 Å². The molecular formula is C12H17NO. The smallest absolute Gasteiger partial charge is 0.100 e. The predicted molar refractivity (Wildman–Crippen MR) is 57.0 cm³/mol. The number of hydrogen-bond donors (Lipinski definition) is 0. The average molecular weight is 191 g/mol. The van der Waals surface area contributed by atoms with E-state index < -0.39 is 0 Å². The lowest BCUT2D eigenvalue weighted by molar-refractivity contribution is 0.0899. The Bertz CT molecular complexity index is 286. The van der Waals surface area contributed by atoms with Crippen LogP contribution in [0.25, 0.3) is 0 Å². The van der Waals surface area contributed by atoms with Crippen molar-refractivity contribution in [3.63, 3.8) is 0 Å². The van der Waals surface area contributed by atoms with Crippen molar-refractivity contribution >= 4 is 0 Å². The van der Waals surface area contributed by atoms with E-state index >= 15 is 0 Å². The molecule has 0 N–H and O–H groups in total. The Morgan fingerprint density at radius 3 is 2.64 bits per heavy atom. The minimum atomic E-state index is 0.246. The van der Waals surface area contributed by atoms with Gasteiger partial charge in [0.25, 0.3) is 0 Å². The maximum atomic E-state index is 5.78. The third-order valence-corrected chi connectivity index (χ3v) is 2.97. The van der Waals surface area contributed by atoms with Gasteiger partial charge in [0.1, 0.15) is 6.73 Å². The third-order valence-electron chi connectivity index (χ3n) is 2.97. The number of likely N-dealkylation sites (N-methyl/N-ethyl adjacent to an activating group) is 1. The first-order valence-electron chi connectivity index (χ1n) is 5.23. The zero-order valence-corrected chi connectivity index (χ0v) is 8.81. The van der Waals surface area contributed by atoms with Crippen molar-refractivity contribution in [1.82, 2.24) is 4.90 Å². The fraction of sp³-hybridized carbons (Fsp3) is 0.500. The van der Waals surface area contributed by atoms with Crippen LogP contribution in [-0.2, 0) is 4.74 Å². The summed E-state index contributed by atoms with van der Waals surface area (Å²) >= 11 is 0. The molecule has 1 aliphatic heterocycles. The highest BCUT2D eigenvalue weighted by Crippen LogP contribution is 2.30. The van der Waals surface area contributed by atoms with Crippen molar-refractivity contribution in [3.05, 3.63) is 35.9 Å². The number of benzene rings is 1. The number of nitrogens with zero attached hydrogens (tertiary/aromatic N) is 1. The molecule has 0 aliphatic carbocycles. The predicted octanol–water partition coefficient (Wildman–Crippen LogP) is 2.43. The molecule has 0 spiro atoms. The van der Waals surface area contributed by atoms with E-state index in [0.717, 1.165) is 13.3 Å². The van der Waals surface area contributed by atoms with E-state index in [0.29, 0.717) is 6.04 Å². The van der Waals surface area contributed by atoms with Crippen molar-refractivity contribution in [2.75, 3.05) is 13.3 Å². The lowest BCUT2D eigenvalue weighted by Gasteiger charge is -2.20. The minimum absolute atomic E-state index is 0.246. The summed E-state index contributed by atoms with van der Waals surface area (Å²) in [6.07, 6.45) is 0.246. The second-order valence-corrected chi connectivity index (χ2v) is 3.77. The Morgan fingerprint density at radius 1 is 1.36 bits per heavy atom. The quantitative estimate of drug-likeness (QED) is 0.712. The van der Waals surface area contributed by atoms with Gasteiger partial charge in [-0.25, -0.2) is 0 Å². The molecule has 2 atom stereocenters. The average Bonchev–Trinajstić information content (AvgIpc) is 2.61. The fourth-order valence-electron chi connectivity index (χ4n) is 2.02. The zero-order valence-electron chi connectivity index (χ0n) is 8.81. The summed E-state index contributed by atoms with van der Waals surface area (Å²) in [7, 11) is 0. The SMILES string of the molecule is CCN1CO[C@@H](c2ccccc2)[C@H]1C.